The average Bonchev–Trinajstić information content (AvgIpc) is 2.52. The van der Waals surface area contributed by atoms with Gasteiger partial charge in [-0.25, -0.2) is 0 Å². The first-order valence-corrected chi connectivity index (χ1v) is 8.36. The molecule has 1 aromatic carbocycles. The molecule has 3 heteroatoms. The summed E-state index contributed by atoms with van der Waals surface area (Å²) in [5.41, 5.74) is 2.78. The summed E-state index contributed by atoms with van der Waals surface area (Å²) in [5, 5.41) is 3.66. The fraction of sp³-hybridized carbons (Fsp3) is 0.667. The van der Waals surface area contributed by atoms with Crippen LogP contribution in [0.5, 0.6) is 0 Å². The Morgan fingerprint density at radius 2 is 1.81 bits per heavy atom. The zero-order valence-corrected chi connectivity index (χ0v) is 13.8. The monoisotopic (exact) mass is 290 g/mol. The molecule has 0 spiro atoms. The predicted octanol–water partition coefficient (Wildman–Crippen LogP) is 3.19. The molecule has 1 aromatic rings. The topological polar surface area (TPSA) is 24.5 Å². The van der Waals surface area contributed by atoms with Gasteiger partial charge >= 0.3 is 0 Å². The Bertz CT molecular complexity index is 400. The summed E-state index contributed by atoms with van der Waals surface area (Å²) in [6.45, 7) is 11.7. The lowest BCUT2D eigenvalue weighted by Gasteiger charge is -2.28. The van der Waals surface area contributed by atoms with Crippen LogP contribution in [0.4, 0.5) is 0 Å². The lowest BCUT2D eigenvalue weighted by atomic mass is 10.0. The zero-order valence-electron chi connectivity index (χ0n) is 13.8. The maximum atomic E-state index is 5.59. The minimum atomic E-state index is 0.396. The molecule has 1 heterocycles. The molecule has 1 fully saturated rings. The number of nitrogens with zero attached hydrogens (tertiary/aromatic N) is 1. The van der Waals surface area contributed by atoms with Gasteiger partial charge in [-0.15, -0.1) is 0 Å². The van der Waals surface area contributed by atoms with Gasteiger partial charge in [0.2, 0.25) is 0 Å². The molecule has 21 heavy (non-hydrogen) atoms. The van der Waals surface area contributed by atoms with E-state index in [-0.39, 0.29) is 0 Å². The highest BCUT2D eigenvalue weighted by atomic mass is 16.5. The van der Waals surface area contributed by atoms with Crippen LogP contribution < -0.4 is 5.32 Å². The van der Waals surface area contributed by atoms with Crippen molar-refractivity contribution in [1.29, 1.82) is 0 Å². The smallest absolute Gasteiger partial charge is 0.0561 e. The fourth-order valence-electron chi connectivity index (χ4n) is 2.91. The van der Waals surface area contributed by atoms with Crippen molar-refractivity contribution < 1.29 is 4.74 Å². The second kappa shape index (κ2) is 8.52. The third-order valence-corrected chi connectivity index (χ3v) is 4.40. The molecule has 2 atom stereocenters. The summed E-state index contributed by atoms with van der Waals surface area (Å²) in [5.74, 6) is 0. The third-order valence-electron chi connectivity index (χ3n) is 4.40. The van der Waals surface area contributed by atoms with Crippen LogP contribution in [0.1, 0.15) is 44.7 Å². The first-order valence-electron chi connectivity index (χ1n) is 8.36. The lowest BCUT2D eigenvalue weighted by Crippen LogP contribution is -2.37. The Hall–Kier alpha value is -0.900. The van der Waals surface area contributed by atoms with E-state index >= 15 is 0 Å². The lowest BCUT2D eigenvalue weighted by molar-refractivity contribution is 0.0130. The van der Waals surface area contributed by atoms with E-state index in [1.165, 1.54) is 11.1 Å². The molecule has 0 radical (unpaired) electrons. The van der Waals surface area contributed by atoms with Crippen LogP contribution in [-0.2, 0) is 17.8 Å². The van der Waals surface area contributed by atoms with E-state index in [0.29, 0.717) is 12.1 Å². The van der Waals surface area contributed by atoms with Crippen molar-refractivity contribution in [3.05, 3.63) is 35.4 Å². The Morgan fingerprint density at radius 3 is 2.43 bits per heavy atom. The summed E-state index contributed by atoms with van der Waals surface area (Å²) in [4.78, 5) is 2.44. The van der Waals surface area contributed by atoms with Crippen LogP contribution in [0.2, 0.25) is 0 Å². The van der Waals surface area contributed by atoms with E-state index < -0.39 is 0 Å². The maximum Gasteiger partial charge on any atom is 0.0561 e. The van der Waals surface area contributed by atoms with Crippen LogP contribution in [0, 0.1) is 0 Å². The molecule has 0 amide bonds. The molecular formula is C18H30N2O. The van der Waals surface area contributed by atoms with Crippen LogP contribution in [0.15, 0.2) is 24.3 Å². The van der Waals surface area contributed by atoms with Crippen LogP contribution in [0.3, 0.4) is 0 Å². The molecular weight excluding hydrogens is 260 g/mol. The molecule has 118 valence electrons. The Morgan fingerprint density at radius 1 is 1.14 bits per heavy atom. The Kier molecular flexibility index (Phi) is 6.68. The molecule has 1 saturated heterocycles. The SMILES string of the molecule is CCN(CC)Cc1ccc(CNC2CCOC(C)C2)cc1. The average molecular weight is 290 g/mol. The first kappa shape index (κ1) is 16.5. The van der Waals surface area contributed by atoms with Crippen molar-refractivity contribution in [3.8, 4) is 0 Å². The number of hydrogen-bond donors (Lipinski definition) is 1. The van der Waals surface area contributed by atoms with Crippen molar-refractivity contribution in [3.63, 3.8) is 0 Å². The van der Waals surface area contributed by atoms with Crippen LogP contribution >= 0.6 is 0 Å². The first-order chi connectivity index (χ1) is 10.2. The quantitative estimate of drug-likeness (QED) is 0.834. The molecule has 2 rings (SSSR count). The van der Waals surface area contributed by atoms with Gasteiger partial charge < -0.3 is 10.1 Å². The molecule has 1 N–H and O–H groups in total. The number of nitrogens with one attached hydrogen (secondary N) is 1. The number of ether oxygens (including phenoxy) is 1. The van der Waals surface area contributed by atoms with Gasteiger partial charge in [-0.2, -0.15) is 0 Å². The Labute approximate surface area is 129 Å². The molecule has 2 unspecified atom stereocenters. The van der Waals surface area contributed by atoms with Gasteiger partial charge in [0, 0.05) is 25.7 Å². The van der Waals surface area contributed by atoms with Gasteiger partial charge in [0.15, 0.2) is 0 Å². The number of hydrogen-bond acceptors (Lipinski definition) is 3. The van der Waals surface area contributed by atoms with E-state index in [0.717, 1.165) is 45.6 Å². The largest absolute Gasteiger partial charge is 0.378 e. The van der Waals surface area contributed by atoms with Gasteiger partial charge in [0.25, 0.3) is 0 Å². The molecule has 1 aliphatic heterocycles. The molecule has 3 nitrogen and oxygen atoms in total. The maximum absolute atomic E-state index is 5.59. The van der Waals surface area contributed by atoms with E-state index in [1.807, 2.05) is 0 Å². The van der Waals surface area contributed by atoms with Crippen molar-refractivity contribution in [2.75, 3.05) is 19.7 Å². The van der Waals surface area contributed by atoms with Gasteiger partial charge in [-0.3, -0.25) is 4.90 Å². The standard InChI is InChI=1S/C18H30N2O/c1-4-20(5-2)14-17-8-6-16(7-9-17)13-19-18-10-11-21-15(3)12-18/h6-9,15,18-19H,4-5,10-14H2,1-3H3. The van der Waals surface area contributed by atoms with E-state index in [9.17, 15) is 0 Å². The van der Waals surface area contributed by atoms with Crippen LogP contribution in [0.25, 0.3) is 0 Å². The van der Waals surface area contributed by atoms with Crippen molar-refractivity contribution >= 4 is 0 Å². The highest BCUT2D eigenvalue weighted by molar-refractivity contribution is 5.22. The summed E-state index contributed by atoms with van der Waals surface area (Å²) in [7, 11) is 0. The third kappa shape index (κ3) is 5.42. The predicted molar refractivity (Wildman–Crippen MR) is 88.3 cm³/mol. The summed E-state index contributed by atoms with van der Waals surface area (Å²) in [6, 6.07) is 9.65. The van der Waals surface area contributed by atoms with Crippen molar-refractivity contribution in [2.45, 2.75) is 58.8 Å². The zero-order chi connectivity index (χ0) is 15.1. The minimum absolute atomic E-state index is 0.396. The van der Waals surface area contributed by atoms with E-state index in [4.69, 9.17) is 4.74 Å². The second-order valence-electron chi connectivity index (χ2n) is 6.06. The Balaban J connectivity index is 1.79. The highest BCUT2D eigenvalue weighted by Crippen LogP contribution is 2.14. The summed E-state index contributed by atoms with van der Waals surface area (Å²) in [6.07, 6.45) is 2.65. The van der Waals surface area contributed by atoms with Gasteiger partial charge in [0.1, 0.15) is 0 Å². The van der Waals surface area contributed by atoms with Crippen molar-refractivity contribution in [1.82, 2.24) is 10.2 Å². The fourth-order valence-corrected chi connectivity index (χ4v) is 2.91. The summed E-state index contributed by atoms with van der Waals surface area (Å²) >= 11 is 0. The molecule has 0 bridgehead atoms. The van der Waals surface area contributed by atoms with E-state index in [1.54, 1.807) is 0 Å². The van der Waals surface area contributed by atoms with Gasteiger partial charge in [-0.1, -0.05) is 38.1 Å². The second-order valence-corrected chi connectivity index (χ2v) is 6.06. The summed E-state index contributed by atoms with van der Waals surface area (Å²) < 4.78 is 5.59. The van der Waals surface area contributed by atoms with E-state index in [2.05, 4.69) is 55.3 Å². The van der Waals surface area contributed by atoms with Crippen molar-refractivity contribution in [2.24, 2.45) is 0 Å². The van der Waals surface area contributed by atoms with Gasteiger partial charge in [0.05, 0.1) is 6.10 Å². The van der Waals surface area contributed by atoms with Gasteiger partial charge in [-0.05, 0) is 44.0 Å². The highest BCUT2D eigenvalue weighted by Gasteiger charge is 2.18. The number of rotatable bonds is 7. The molecule has 0 saturated carbocycles. The number of benzene rings is 1. The molecule has 1 aliphatic rings. The molecule has 0 aliphatic carbocycles. The normalized spacial score (nSPS) is 22.7. The minimum Gasteiger partial charge on any atom is -0.378 e. The molecule has 0 aromatic heterocycles. The van der Waals surface area contributed by atoms with Crippen LogP contribution in [-0.4, -0.2) is 36.7 Å².